The van der Waals surface area contributed by atoms with E-state index in [1.807, 2.05) is 60.7 Å². The average molecular weight is 445 g/mol. The van der Waals surface area contributed by atoms with Crippen molar-refractivity contribution in [3.05, 3.63) is 73.1 Å². The van der Waals surface area contributed by atoms with Crippen LogP contribution in [0.25, 0.3) is 22.3 Å². The fourth-order valence-electron chi connectivity index (χ4n) is 2.96. The Morgan fingerprint density at radius 2 is 1.90 bits per heavy atom. The van der Waals surface area contributed by atoms with Crippen LogP contribution in [0.15, 0.2) is 82.4 Å². The Bertz CT molecular complexity index is 1340. The number of fused-ring (bicyclic) bond motifs is 1. The van der Waals surface area contributed by atoms with E-state index in [1.54, 1.807) is 19.5 Å². The van der Waals surface area contributed by atoms with Crippen LogP contribution in [0.1, 0.15) is 0 Å². The lowest BCUT2D eigenvalue weighted by atomic mass is 10.2. The zero-order chi connectivity index (χ0) is 21.0. The Morgan fingerprint density at radius 3 is 2.77 bits per heavy atom. The number of benzene rings is 2. The van der Waals surface area contributed by atoms with Gasteiger partial charge in [-0.3, -0.25) is 4.98 Å². The summed E-state index contributed by atoms with van der Waals surface area (Å²) in [5.41, 5.74) is 2.63. The van der Waals surface area contributed by atoms with Gasteiger partial charge >= 0.3 is 0 Å². The number of nitrogens with one attached hydrogen (secondary N) is 1. The van der Waals surface area contributed by atoms with Crippen LogP contribution in [0.3, 0.4) is 0 Å². The molecule has 0 saturated heterocycles. The highest BCUT2D eigenvalue weighted by Gasteiger charge is 2.14. The first-order valence-electron chi connectivity index (χ1n) is 9.38. The van der Waals surface area contributed by atoms with E-state index < -0.39 is 0 Å². The third-order valence-electron chi connectivity index (χ3n) is 4.40. The zero-order valence-corrected chi connectivity index (χ0v) is 18.0. The summed E-state index contributed by atoms with van der Waals surface area (Å²) in [7, 11) is 1.64. The number of pyridine rings is 1. The van der Waals surface area contributed by atoms with Crippen LogP contribution >= 0.6 is 23.1 Å². The standard InChI is InChI=1S/C22H16N6OS2/c1-29-16-8-4-7-15(12-16)24-21-27-28-22(31-21)30-20-17-9-2-3-10-18(17)25-19(26-20)14-6-5-11-23-13-14/h2-13H,1H3,(H,24,27). The summed E-state index contributed by atoms with van der Waals surface area (Å²) >= 11 is 2.94. The molecule has 0 atom stereocenters. The predicted octanol–water partition coefficient (Wildman–Crippen LogP) is 5.45. The highest BCUT2D eigenvalue weighted by Crippen LogP contribution is 2.36. The van der Waals surface area contributed by atoms with E-state index in [1.165, 1.54) is 23.1 Å². The zero-order valence-electron chi connectivity index (χ0n) is 16.4. The van der Waals surface area contributed by atoms with Crippen LogP contribution in [0.5, 0.6) is 5.75 Å². The Kier molecular flexibility index (Phi) is 5.42. The molecular formula is C22H16N6OS2. The number of aromatic nitrogens is 5. The largest absolute Gasteiger partial charge is 0.497 e. The van der Waals surface area contributed by atoms with E-state index in [9.17, 15) is 0 Å². The smallest absolute Gasteiger partial charge is 0.210 e. The minimum absolute atomic E-state index is 0.633. The van der Waals surface area contributed by atoms with Crippen molar-refractivity contribution in [2.24, 2.45) is 0 Å². The van der Waals surface area contributed by atoms with E-state index >= 15 is 0 Å². The van der Waals surface area contributed by atoms with Gasteiger partial charge in [0.15, 0.2) is 10.2 Å². The first-order chi connectivity index (χ1) is 15.3. The van der Waals surface area contributed by atoms with Crippen molar-refractivity contribution in [1.82, 2.24) is 25.1 Å². The van der Waals surface area contributed by atoms with Crippen molar-refractivity contribution in [3.8, 4) is 17.1 Å². The lowest BCUT2D eigenvalue weighted by molar-refractivity contribution is 0.415. The molecule has 5 aromatic rings. The van der Waals surface area contributed by atoms with Gasteiger partial charge in [0.2, 0.25) is 5.13 Å². The molecule has 0 spiro atoms. The van der Waals surface area contributed by atoms with Crippen molar-refractivity contribution in [3.63, 3.8) is 0 Å². The molecule has 1 N–H and O–H groups in total. The van der Waals surface area contributed by atoms with Gasteiger partial charge in [0.1, 0.15) is 10.8 Å². The SMILES string of the molecule is COc1cccc(Nc2nnc(Sc3nc(-c4cccnc4)nc4ccccc34)s2)c1. The molecule has 0 fully saturated rings. The first-order valence-corrected chi connectivity index (χ1v) is 11.0. The molecule has 0 bridgehead atoms. The molecule has 9 heteroatoms. The molecule has 0 amide bonds. The first kappa shape index (κ1) is 19.4. The fourth-order valence-corrected chi connectivity index (χ4v) is 4.76. The summed E-state index contributed by atoms with van der Waals surface area (Å²) in [4.78, 5) is 13.7. The van der Waals surface area contributed by atoms with E-state index in [0.29, 0.717) is 11.0 Å². The molecular weight excluding hydrogens is 428 g/mol. The molecule has 31 heavy (non-hydrogen) atoms. The van der Waals surface area contributed by atoms with E-state index in [0.717, 1.165) is 37.3 Å². The van der Waals surface area contributed by atoms with Gasteiger partial charge in [-0.25, -0.2) is 9.97 Å². The van der Waals surface area contributed by atoms with Gasteiger partial charge in [-0.2, -0.15) is 0 Å². The highest BCUT2D eigenvalue weighted by molar-refractivity contribution is 8.01. The molecule has 0 radical (unpaired) electrons. The number of methoxy groups -OCH3 is 1. The van der Waals surface area contributed by atoms with E-state index in [2.05, 4.69) is 20.5 Å². The van der Waals surface area contributed by atoms with Crippen molar-refractivity contribution >= 4 is 44.8 Å². The lowest BCUT2D eigenvalue weighted by Gasteiger charge is -2.07. The molecule has 7 nitrogen and oxygen atoms in total. The summed E-state index contributed by atoms with van der Waals surface area (Å²) in [5.74, 6) is 1.41. The Morgan fingerprint density at radius 1 is 0.968 bits per heavy atom. The Hall–Kier alpha value is -3.56. The maximum Gasteiger partial charge on any atom is 0.210 e. The quantitative estimate of drug-likeness (QED) is 0.346. The summed E-state index contributed by atoms with van der Waals surface area (Å²) in [6.45, 7) is 0. The van der Waals surface area contributed by atoms with Gasteiger partial charge in [-0.05, 0) is 42.1 Å². The molecule has 0 aliphatic carbocycles. The van der Waals surface area contributed by atoms with Gasteiger partial charge < -0.3 is 10.1 Å². The second kappa shape index (κ2) is 8.66. The number of nitrogens with zero attached hydrogens (tertiary/aromatic N) is 5. The summed E-state index contributed by atoms with van der Waals surface area (Å²) < 4.78 is 6.05. The van der Waals surface area contributed by atoms with Crippen molar-refractivity contribution in [1.29, 1.82) is 0 Å². The third kappa shape index (κ3) is 4.32. The Labute approximate surface area is 186 Å². The van der Waals surface area contributed by atoms with Crippen molar-refractivity contribution in [2.75, 3.05) is 12.4 Å². The van der Waals surface area contributed by atoms with Crippen molar-refractivity contribution < 1.29 is 4.74 Å². The second-order valence-electron chi connectivity index (χ2n) is 6.44. The Balaban J connectivity index is 1.45. The summed E-state index contributed by atoms with van der Waals surface area (Å²) in [5, 5.41) is 14.4. The monoisotopic (exact) mass is 444 g/mol. The third-order valence-corrected chi connectivity index (χ3v) is 6.29. The van der Waals surface area contributed by atoms with Crippen molar-refractivity contribution in [2.45, 2.75) is 9.37 Å². The number of hydrogen-bond donors (Lipinski definition) is 1. The van der Waals surface area contributed by atoms with Gasteiger partial charge in [0, 0.05) is 35.1 Å². The molecule has 152 valence electrons. The van der Waals surface area contributed by atoms with Gasteiger partial charge in [0.05, 0.1) is 12.6 Å². The van der Waals surface area contributed by atoms with Gasteiger partial charge in [-0.1, -0.05) is 35.6 Å². The summed E-state index contributed by atoms with van der Waals surface area (Å²) in [6.07, 6.45) is 3.50. The van der Waals surface area contributed by atoms with Crippen LogP contribution in [-0.2, 0) is 0 Å². The van der Waals surface area contributed by atoms with Crippen LogP contribution in [0.4, 0.5) is 10.8 Å². The lowest BCUT2D eigenvalue weighted by Crippen LogP contribution is -1.94. The predicted molar refractivity (Wildman–Crippen MR) is 123 cm³/mol. The van der Waals surface area contributed by atoms with Gasteiger partial charge in [-0.15, -0.1) is 10.2 Å². The molecule has 0 saturated carbocycles. The number of anilines is 2. The minimum atomic E-state index is 0.633. The molecule has 0 aliphatic rings. The van der Waals surface area contributed by atoms with Crippen LogP contribution in [0, 0.1) is 0 Å². The molecule has 5 rings (SSSR count). The maximum absolute atomic E-state index is 5.27. The molecule has 0 aliphatic heterocycles. The maximum atomic E-state index is 5.27. The number of hydrogen-bond acceptors (Lipinski definition) is 9. The van der Waals surface area contributed by atoms with Crippen LogP contribution in [-0.4, -0.2) is 32.3 Å². The minimum Gasteiger partial charge on any atom is -0.497 e. The molecule has 3 aromatic heterocycles. The molecule has 2 aromatic carbocycles. The molecule has 3 heterocycles. The summed E-state index contributed by atoms with van der Waals surface area (Å²) in [6, 6.07) is 19.5. The number of ether oxygens (including phenoxy) is 1. The van der Waals surface area contributed by atoms with Crippen LogP contribution in [0.2, 0.25) is 0 Å². The van der Waals surface area contributed by atoms with E-state index in [4.69, 9.17) is 14.7 Å². The van der Waals surface area contributed by atoms with Crippen LogP contribution < -0.4 is 10.1 Å². The molecule has 0 unspecified atom stereocenters. The topological polar surface area (TPSA) is 85.7 Å². The number of para-hydroxylation sites is 1. The van der Waals surface area contributed by atoms with Gasteiger partial charge in [0.25, 0.3) is 0 Å². The second-order valence-corrected chi connectivity index (χ2v) is 8.66. The fraction of sp³-hybridized carbons (Fsp3) is 0.0455. The number of rotatable bonds is 6. The highest BCUT2D eigenvalue weighted by atomic mass is 32.2. The average Bonchev–Trinajstić information content (AvgIpc) is 3.26. The van der Waals surface area contributed by atoms with E-state index in [-0.39, 0.29) is 0 Å². The normalized spacial score (nSPS) is 10.9.